The fraction of sp³-hybridized carbons (Fsp3) is 0.615. The molecule has 0 bridgehead atoms. The molecule has 1 amide bonds. The minimum atomic E-state index is 0.0230. The van der Waals surface area contributed by atoms with Crippen molar-refractivity contribution in [1.82, 2.24) is 15.3 Å². The van der Waals surface area contributed by atoms with E-state index in [1.807, 2.05) is 6.92 Å². The monoisotopic (exact) mass is 297 g/mol. The molecule has 0 radical (unpaired) electrons. The van der Waals surface area contributed by atoms with E-state index in [0.29, 0.717) is 17.3 Å². The van der Waals surface area contributed by atoms with E-state index in [0.717, 1.165) is 38.3 Å². The summed E-state index contributed by atoms with van der Waals surface area (Å²) in [7, 11) is 0. The van der Waals surface area contributed by atoms with Crippen molar-refractivity contribution >= 4 is 29.0 Å². The van der Waals surface area contributed by atoms with Gasteiger partial charge in [-0.25, -0.2) is 4.98 Å². The van der Waals surface area contributed by atoms with E-state index in [1.165, 1.54) is 0 Å². The third-order valence-corrected chi connectivity index (χ3v) is 3.81. The Bertz CT molecular complexity index is 500. The number of nitrogen functional groups attached to an aromatic ring is 1. The third kappa shape index (κ3) is 3.50. The molecular formula is C13H20ClN5O. The molecular weight excluding hydrogens is 278 g/mol. The molecule has 2 heterocycles. The number of carbonyl (C=O) groups excluding carboxylic acids is 1. The van der Waals surface area contributed by atoms with Crippen LogP contribution in [0.15, 0.2) is 0 Å². The average Bonchev–Trinajstić information content (AvgIpc) is 2.41. The van der Waals surface area contributed by atoms with Crippen molar-refractivity contribution in [3.63, 3.8) is 0 Å². The van der Waals surface area contributed by atoms with E-state index in [1.54, 1.807) is 6.92 Å². The van der Waals surface area contributed by atoms with Crippen LogP contribution in [0.5, 0.6) is 0 Å². The molecule has 20 heavy (non-hydrogen) atoms. The lowest BCUT2D eigenvalue weighted by Gasteiger charge is -2.33. The summed E-state index contributed by atoms with van der Waals surface area (Å²) in [4.78, 5) is 21.4. The average molecular weight is 298 g/mol. The van der Waals surface area contributed by atoms with Crippen LogP contribution in [0.3, 0.4) is 0 Å². The summed E-state index contributed by atoms with van der Waals surface area (Å²) in [6.45, 7) is 5.84. The van der Waals surface area contributed by atoms with Gasteiger partial charge in [0.05, 0.1) is 11.4 Å². The van der Waals surface area contributed by atoms with Crippen LogP contribution >= 0.6 is 11.6 Å². The Labute approximate surface area is 123 Å². The van der Waals surface area contributed by atoms with E-state index in [2.05, 4.69) is 20.2 Å². The summed E-state index contributed by atoms with van der Waals surface area (Å²) in [5, 5.41) is 3.10. The van der Waals surface area contributed by atoms with Crippen LogP contribution in [0.2, 0.25) is 5.28 Å². The van der Waals surface area contributed by atoms with E-state index in [-0.39, 0.29) is 11.2 Å². The molecule has 110 valence electrons. The molecule has 0 spiro atoms. The molecule has 0 saturated carbocycles. The second kappa shape index (κ2) is 6.26. The number of rotatable bonds is 3. The molecule has 1 aromatic rings. The van der Waals surface area contributed by atoms with Crippen LogP contribution in [0.4, 0.5) is 11.5 Å². The van der Waals surface area contributed by atoms with Gasteiger partial charge in [0.25, 0.3) is 0 Å². The summed E-state index contributed by atoms with van der Waals surface area (Å²) in [5.41, 5.74) is 7.33. The van der Waals surface area contributed by atoms with E-state index in [9.17, 15) is 4.79 Å². The highest BCUT2D eigenvalue weighted by Gasteiger charge is 2.22. The van der Waals surface area contributed by atoms with Gasteiger partial charge < -0.3 is 16.0 Å². The van der Waals surface area contributed by atoms with E-state index >= 15 is 0 Å². The highest BCUT2D eigenvalue weighted by atomic mass is 35.5. The molecule has 0 aromatic carbocycles. The predicted molar refractivity (Wildman–Crippen MR) is 79.8 cm³/mol. The number of amides is 1. The largest absolute Gasteiger partial charge is 0.394 e. The molecule has 1 aromatic heterocycles. The van der Waals surface area contributed by atoms with Gasteiger partial charge in [-0.1, -0.05) is 0 Å². The van der Waals surface area contributed by atoms with Crippen LogP contribution in [-0.4, -0.2) is 35.5 Å². The van der Waals surface area contributed by atoms with E-state index < -0.39 is 0 Å². The number of piperidine rings is 1. The Morgan fingerprint density at radius 3 is 2.70 bits per heavy atom. The Balaban J connectivity index is 1.99. The lowest BCUT2D eigenvalue weighted by atomic mass is 9.96. The van der Waals surface area contributed by atoms with Crippen molar-refractivity contribution < 1.29 is 4.79 Å². The first kappa shape index (κ1) is 14.8. The Hall–Kier alpha value is -1.56. The molecule has 1 fully saturated rings. The van der Waals surface area contributed by atoms with Crippen molar-refractivity contribution in [3.05, 3.63) is 11.0 Å². The van der Waals surface area contributed by atoms with Crippen molar-refractivity contribution in [2.75, 3.05) is 30.3 Å². The lowest BCUT2D eigenvalue weighted by Crippen LogP contribution is -2.39. The second-order valence-corrected chi connectivity index (χ2v) is 5.52. The van der Waals surface area contributed by atoms with Crippen molar-refractivity contribution in [2.45, 2.75) is 26.7 Å². The maximum atomic E-state index is 10.9. The molecule has 1 saturated heterocycles. The number of aromatic nitrogens is 2. The number of nitrogens with zero attached hydrogens (tertiary/aromatic N) is 3. The van der Waals surface area contributed by atoms with E-state index in [4.69, 9.17) is 17.3 Å². The van der Waals surface area contributed by atoms with Crippen molar-refractivity contribution in [3.8, 4) is 0 Å². The quantitative estimate of drug-likeness (QED) is 0.823. The molecule has 1 aliphatic heterocycles. The minimum Gasteiger partial charge on any atom is -0.394 e. The van der Waals surface area contributed by atoms with Crippen LogP contribution in [0.1, 0.15) is 25.5 Å². The van der Waals surface area contributed by atoms with Gasteiger partial charge in [-0.3, -0.25) is 4.79 Å². The summed E-state index contributed by atoms with van der Waals surface area (Å²) >= 11 is 5.90. The van der Waals surface area contributed by atoms with Crippen molar-refractivity contribution in [1.29, 1.82) is 0 Å². The summed E-state index contributed by atoms with van der Waals surface area (Å²) in [6, 6.07) is 0. The summed E-state index contributed by atoms with van der Waals surface area (Å²) in [6.07, 6.45) is 2.00. The topological polar surface area (TPSA) is 84.1 Å². The zero-order valence-electron chi connectivity index (χ0n) is 11.8. The highest BCUT2D eigenvalue weighted by molar-refractivity contribution is 6.28. The Morgan fingerprint density at radius 2 is 2.10 bits per heavy atom. The number of hydrogen-bond donors (Lipinski definition) is 2. The van der Waals surface area contributed by atoms with Crippen LogP contribution in [0, 0.1) is 12.8 Å². The highest BCUT2D eigenvalue weighted by Crippen LogP contribution is 2.28. The lowest BCUT2D eigenvalue weighted by molar-refractivity contribution is -0.119. The second-order valence-electron chi connectivity index (χ2n) is 5.18. The standard InChI is InChI=1S/C13H20ClN5O/c1-8-11(15)12(18-13(14)17-8)19-5-3-10(4-6-19)7-16-9(2)20/h10H,3-7,15H2,1-2H3,(H,16,20). The molecule has 2 rings (SSSR count). The Kier molecular flexibility index (Phi) is 4.65. The van der Waals surface area contributed by atoms with Gasteiger partial charge in [0.1, 0.15) is 0 Å². The first-order valence-corrected chi connectivity index (χ1v) is 7.14. The number of halogens is 1. The molecule has 1 aliphatic rings. The minimum absolute atomic E-state index is 0.0230. The van der Waals surface area contributed by atoms with Gasteiger partial charge in [-0.15, -0.1) is 0 Å². The number of hydrogen-bond acceptors (Lipinski definition) is 5. The Morgan fingerprint density at radius 1 is 1.45 bits per heavy atom. The SMILES string of the molecule is CC(=O)NCC1CCN(c2nc(Cl)nc(C)c2N)CC1. The molecule has 0 unspecified atom stereocenters. The van der Waals surface area contributed by atoms with Gasteiger partial charge in [-0.2, -0.15) is 4.98 Å². The van der Waals surface area contributed by atoms with Crippen molar-refractivity contribution in [2.24, 2.45) is 5.92 Å². The first-order valence-electron chi connectivity index (χ1n) is 6.76. The predicted octanol–water partition coefficient (Wildman–Crippen LogP) is 1.37. The zero-order valence-corrected chi connectivity index (χ0v) is 12.6. The first-order chi connectivity index (χ1) is 9.47. The molecule has 3 N–H and O–H groups in total. The maximum absolute atomic E-state index is 10.9. The summed E-state index contributed by atoms with van der Waals surface area (Å²) < 4.78 is 0. The fourth-order valence-electron chi connectivity index (χ4n) is 2.41. The normalized spacial score (nSPS) is 16.2. The fourth-order valence-corrected chi connectivity index (χ4v) is 2.62. The van der Waals surface area contributed by atoms with Crippen LogP contribution < -0.4 is 16.0 Å². The van der Waals surface area contributed by atoms with Gasteiger partial charge in [-0.05, 0) is 37.3 Å². The third-order valence-electron chi connectivity index (χ3n) is 3.64. The van der Waals surface area contributed by atoms with Crippen LogP contribution in [0.25, 0.3) is 0 Å². The maximum Gasteiger partial charge on any atom is 0.224 e. The molecule has 0 atom stereocenters. The number of nitrogens with one attached hydrogen (secondary N) is 1. The zero-order chi connectivity index (χ0) is 14.7. The van der Waals surface area contributed by atoms with Gasteiger partial charge in [0, 0.05) is 26.6 Å². The number of carbonyl (C=O) groups is 1. The number of aryl methyl sites for hydroxylation is 1. The van der Waals surface area contributed by atoms with Gasteiger partial charge in [0.15, 0.2) is 5.82 Å². The van der Waals surface area contributed by atoms with Crippen LogP contribution in [-0.2, 0) is 4.79 Å². The number of nitrogens with two attached hydrogens (primary N) is 1. The molecule has 0 aliphatic carbocycles. The smallest absolute Gasteiger partial charge is 0.224 e. The number of anilines is 2. The van der Waals surface area contributed by atoms with Gasteiger partial charge in [0.2, 0.25) is 11.2 Å². The molecule has 7 heteroatoms. The summed E-state index contributed by atoms with van der Waals surface area (Å²) in [5.74, 6) is 1.25. The molecule has 6 nitrogen and oxygen atoms in total. The van der Waals surface area contributed by atoms with Gasteiger partial charge >= 0.3 is 0 Å².